The van der Waals surface area contributed by atoms with Crippen molar-refractivity contribution in [3.63, 3.8) is 0 Å². The number of rotatable bonds is 4. The lowest BCUT2D eigenvalue weighted by atomic mass is 9.98. The van der Waals surface area contributed by atoms with Crippen molar-refractivity contribution in [2.75, 3.05) is 0 Å². The molecule has 1 saturated heterocycles. The van der Waals surface area contributed by atoms with Crippen LogP contribution in [-0.4, -0.2) is 23.1 Å². The van der Waals surface area contributed by atoms with E-state index in [2.05, 4.69) is 10.6 Å². The third-order valence-electron chi connectivity index (χ3n) is 3.72. The molecule has 1 aliphatic heterocycles. The maximum atomic E-state index is 11.5. The lowest BCUT2D eigenvalue weighted by Crippen LogP contribution is -2.30. The molecule has 0 aromatic heterocycles. The van der Waals surface area contributed by atoms with Crippen molar-refractivity contribution in [1.29, 1.82) is 0 Å². The first kappa shape index (κ1) is 14.3. The highest BCUT2D eigenvalue weighted by atomic mass is 16.3. The van der Waals surface area contributed by atoms with Crippen molar-refractivity contribution >= 4 is 11.9 Å². The van der Waals surface area contributed by atoms with Crippen LogP contribution < -0.4 is 10.6 Å². The maximum Gasteiger partial charge on any atom is 0.322 e. The van der Waals surface area contributed by atoms with E-state index >= 15 is 0 Å². The van der Waals surface area contributed by atoms with Gasteiger partial charge < -0.3 is 10.4 Å². The van der Waals surface area contributed by atoms with Crippen LogP contribution >= 0.6 is 0 Å². The minimum Gasteiger partial charge on any atom is -0.388 e. The van der Waals surface area contributed by atoms with Gasteiger partial charge in [0, 0.05) is 6.42 Å². The highest BCUT2D eigenvalue weighted by Gasteiger charge is 2.31. The van der Waals surface area contributed by atoms with Gasteiger partial charge in [-0.05, 0) is 16.7 Å². The van der Waals surface area contributed by atoms with Crippen LogP contribution in [0.2, 0.25) is 0 Å². The molecule has 0 unspecified atom stereocenters. The first-order valence-electron chi connectivity index (χ1n) is 7.08. The molecular weight excluding hydrogens is 280 g/mol. The molecular formula is C17H16N2O3. The van der Waals surface area contributed by atoms with Crippen LogP contribution in [0.3, 0.4) is 0 Å². The number of carbonyl (C=O) groups is 2. The van der Waals surface area contributed by atoms with Crippen LogP contribution in [0.15, 0.2) is 54.6 Å². The topological polar surface area (TPSA) is 78.4 Å². The number of carbonyl (C=O) groups excluding carboxylic acids is 2. The van der Waals surface area contributed by atoms with Gasteiger partial charge in [-0.3, -0.25) is 10.1 Å². The smallest absolute Gasteiger partial charge is 0.322 e. The summed E-state index contributed by atoms with van der Waals surface area (Å²) in [4.78, 5) is 22.5. The van der Waals surface area contributed by atoms with Gasteiger partial charge in [0.25, 0.3) is 5.91 Å². The average Bonchev–Trinajstić information content (AvgIpc) is 2.86. The molecule has 5 heteroatoms. The van der Waals surface area contributed by atoms with E-state index in [1.54, 1.807) is 0 Å². The molecule has 1 fully saturated rings. The fourth-order valence-corrected chi connectivity index (χ4v) is 2.51. The number of hydrogen-bond donors (Lipinski definition) is 3. The van der Waals surface area contributed by atoms with Gasteiger partial charge in [0.05, 0.1) is 6.10 Å². The minimum absolute atomic E-state index is 0.155. The van der Waals surface area contributed by atoms with Gasteiger partial charge in [-0.25, -0.2) is 4.79 Å². The van der Waals surface area contributed by atoms with Gasteiger partial charge in [-0.15, -0.1) is 0 Å². The summed E-state index contributed by atoms with van der Waals surface area (Å²) in [5, 5.41) is 14.9. The Bertz CT molecular complexity index is 683. The Balaban J connectivity index is 1.70. The van der Waals surface area contributed by atoms with Crippen LogP contribution in [0, 0.1) is 0 Å². The van der Waals surface area contributed by atoms with Gasteiger partial charge in [0.15, 0.2) is 0 Å². The summed E-state index contributed by atoms with van der Waals surface area (Å²) in [6.45, 7) is 0. The first-order valence-corrected chi connectivity index (χ1v) is 7.08. The number of aliphatic hydroxyl groups excluding tert-OH is 1. The number of amides is 3. The Hall–Kier alpha value is -2.66. The van der Waals surface area contributed by atoms with E-state index in [0.29, 0.717) is 5.56 Å². The SMILES string of the molecule is O=C1NC(=O)[C@@H](C[C@H](O)c2ccc(-c3ccccc3)cc2)N1. The zero-order valence-corrected chi connectivity index (χ0v) is 11.8. The van der Waals surface area contributed by atoms with Crippen LogP contribution in [0.25, 0.3) is 11.1 Å². The van der Waals surface area contributed by atoms with Crippen molar-refractivity contribution in [1.82, 2.24) is 10.6 Å². The number of imide groups is 1. The Kier molecular flexibility index (Phi) is 3.89. The van der Waals surface area contributed by atoms with E-state index in [-0.39, 0.29) is 6.42 Å². The van der Waals surface area contributed by atoms with Crippen molar-refractivity contribution < 1.29 is 14.7 Å². The molecule has 5 nitrogen and oxygen atoms in total. The van der Waals surface area contributed by atoms with Crippen molar-refractivity contribution in [2.45, 2.75) is 18.6 Å². The third kappa shape index (κ3) is 2.99. The molecule has 2 aromatic rings. The Labute approximate surface area is 128 Å². The van der Waals surface area contributed by atoms with E-state index in [4.69, 9.17) is 0 Å². The predicted molar refractivity (Wildman–Crippen MR) is 81.9 cm³/mol. The van der Waals surface area contributed by atoms with Gasteiger partial charge in [0.1, 0.15) is 6.04 Å². The van der Waals surface area contributed by atoms with Gasteiger partial charge in [-0.2, -0.15) is 0 Å². The van der Waals surface area contributed by atoms with Crippen LogP contribution in [0.5, 0.6) is 0 Å². The quantitative estimate of drug-likeness (QED) is 0.755. The molecule has 0 spiro atoms. The third-order valence-corrected chi connectivity index (χ3v) is 3.72. The summed E-state index contributed by atoms with van der Waals surface area (Å²) < 4.78 is 0. The number of nitrogens with one attached hydrogen (secondary N) is 2. The number of aliphatic hydroxyl groups is 1. The van der Waals surface area contributed by atoms with Crippen LogP contribution in [-0.2, 0) is 4.79 Å². The molecule has 0 saturated carbocycles. The fraction of sp³-hybridized carbons (Fsp3) is 0.176. The lowest BCUT2D eigenvalue weighted by molar-refractivity contribution is -0.120. The summed E-state index contributed by atoms with van der Waals surface area (Å²) >= 11 is 0. The summed E-state index contributed by atoms with van der Waals surface area (Å²) in [7, 11) is 0. The molecule has 112 valence electrons. The number of hydrogen-bond acceptors (Lipinski definition) is 3. The minimum atomic E-state index is -0.807. The average molecular weight is 296 g/mol. The van der Waals surface area contributed by atoms with Crippen molar-refractivity contribution in [2.24, 2.45) is 0 Å². The molecule has 1 heterocycles. The summed E-state index contributed by atoms with van der Waals surface area (Å²) in [6, 6.07) is 16.3. The highest BCUT2D eigenvalue weighted by Crippen LogP contribution is 2.24. The highest BCUT2D eigenvalue weighted by molar-refractivity contribution is 6.04. The molecule has 2 atom stereocenters. The van der Waals surface area contributed by atoms with E-state index in [0.717, 1.165) is 11.1 Å². The Morgan fingerprint density at radius 3 is 2.18 bits per heavy atom. The normalized spacial score (nSPS) is 18.7. The number of urea groups is 1. The molecule has 0 radical (unpaired) electrons. The zero-order valence-electron chi connectivity index (χ0n) is 11.8. The summed E-state index contributed by atoms with van der Waals surface area (Å²) in [5.74, 6) is -0.398. The van der Waals surface area contributed by atoms with Gasteiger partial charge in [0.2, 0.25) is 0 Å². The van der Waals surface area contributed by atoms with Crippen LogP contribution in [0.4, 0.5) is 4.79 Å². The Morgan fingerprint density at radius 2 is 1.59 bits per heavy atom. The largest absolute Gasteiger partial charge is 0.388 e. The van der Waals surface area contributed by atoms with Gasteiger partial charge in [-0.1, -0.05) is 54.6 Å². The molecule has 0 bridgehead atoms. The zero-order chi connectivity index (χ0) is 15.5. The predicted octanol–water partition coefficient (Wildman–Crippen LogP) is 1.99. The molecule has 1 aliphatic rings. The van der Waals surface area contributed by atoms with E-state index in [9.17, 15) is 14.7 Å². The number of benzene rings is 2. The molecule has 3 amide bonds. The molecule has 3 N–H and O–H groups in total. The molecule has 22 heavy (non-hydrogen) atoms. The van der Waals surface area contributed by atoms with E-state index in [1.807, 2.05) is 54.6 Å². The second kappa shape index (κ2) is 5.99. The standard InChI is InChI=1S/C17H16N2O3/c20-15(10-14-16(21)19-17(22)18-14)13-8-6-12(7-9-13)11-4-2-1-3-5-11/h1-9,14-15,20H,10H2,(H2,18,19,21,22)/t14-,15+/m1/s1. The van der Waals surface area contributed by atoms with Crippen LogP contribution in [0.1, 0.15) is 18.1 Å². The monoisotopic (exact) mass is 296 g/mol. The van der Waals surface area contributed by atoms with Crippen molar-refractivity contribution in [3.8, 4) is 11.1 Å². The van der Waals surface area contributed by atoms with Gasteiger partial charge >= 0.3 is 6.03 Å². The molecule has 2 aromatic carbocycles. The lowest BCUT2D eigenvalue weighted by Gasteiger charge is -2.14. The summed E-state index contributed by atoms with van der Waals surface area (Å²) in [5.41, 5.74) is 2.88. The second-order valence-electron chi connectivity index (χ2n) is 5.25. The fourth-order valence-electron chi connectivity index (χ4n) is 2.51. The van der Waals surface area contributed by atoms with E-state index in [1.165, 1.54) is 0 Å². The summed E-state index contributed by atoms with van der Waals surface area (Å²) in [6.07, 6.45) is -0.651. The second-order valence-corrected chi connectivity index (χ2v) is 5.25. The van der Waals surface area contributed by atoms with E-state index < -0.39 is 24.1 Å². The van der Waals surface area contributed by atoms with Crippen molar-refractivity contribution in [3.05, 3.63) is 60.2 Å². The first-order chi connectivity index (χ1) is 10.6. The Morgan fingerprint density at radius 1 is 0.955 bits per heavy atom. The molecule has 0 aliphatic carbocycles. The maximum absolute atomic E-state index is 11.5. The molecule has 3 rings (SSSR count).